The van der Waals surface area contributed by atoms with Gasteiger partial charge in [0.2, 0.25) is 0 Å². The Labute approximate surface area is 386 Å². The largest absolute Gasteiger partial charge is 0.481 e. The van der Waals surface area contributed by atoms with E-state index in [0.717, 1.165) is 32.1 Å². The molecule has 0 aromatic carbocycles. The number of rotatable bonds is 31. The highest BCUT2D eigenvalue weighted by Gasteiger charge is 2.22. The molecular formula is C42H84O24. The molecule has 0 amide bonds. The van der Waals surface area contributed by atoms with Crippen LogP contribution >= 0.6 is 0 Å². The van der Waals surface area contributed by atoms with Crippen LogP contribution in [-0.4, -0.2) is 201 Å². The lowest BCUT2D eigenvalue weighted by Gasteiger charge is -2.14. The molecule has 0 aliphatic heterocycles. The van der Waals surface area contributed by atoms with Gasteiger partial charge in [0.25, 0.3) is 0 Å². The number of hydrogen-bond acceptors (Lipinski definition) is 18. The highest BCUT2D eigenvalue weighted by atomic mass is 16.4. The van der Waals surface area contributed by atoms with Gasteiger partial charge in [-0.15, -0.1) is 0 Å². The lowest BCUT2D eigenvalue weighted by Crippen LogP contribution is -2.33. The molecule has 24 heteroatoms. The molecule has 0 rings (SSSR count). The second kappa shape index (κ2) is 49.3. The predicted molar refractivity (Wildman–Crippen MR) is 235 cm³/mol. The molecule has 396 valence electrons. The zero-order chi connectivity index (χ0) is 53.0. The summed E-state index contributed by atoms with van der Waals surface area (Å²) in [6, 6.07) is 0. The molecule has 0 aromatic rings. The minimum atomic E-state index is -1.64. The molecular weight excluding hydrogens is 888 g/mol. The molecule has 18 N–H and O–H groups in total. The predicted octanol–water partition coefficient (Wildman–Crippen LogP) is -0.100. The van der Waals surface area contributed by atoms with Crippen LogP contribution in [-0.2, 0) is 28.8 Å². The summed E-state index contributed by atoms with van der Waals surface area (Å²) >= 11 is 0. The maximum atomic E-state index is 10.1. The van der Waals surface area contributed by atoms with Gasteiger partial charge in [-0.25, -0.2) is 24.0 Å². The minimum absolute atomic E-state index is 0.0802. The smallest absolute Gasteiger partial charge is 0.335 e. The second-order valence-corrected chi connectivity index (χ2v) is 15.1. The van der Waals surface area contributed by atoms with E-state index in [2.05, 4.69) is 0 Å². The van der Waals surface area contributed by atoms with Crippen LogP contribution in [0.4, 0.5) is 0 Å². The summed E-state index contributed by atoms with van der Waals surface area (Å²) in [5.74, 6) is -7.33. The van der Waals surface area contributed by atoms with Gasteiger partial charge in [0.1, 0.15) is 0 Å². The summed E-state index contributed by atoms with van der Waals surface area (Å²) in [4.78, 5) is 60.4. The topological polar surface area (TPSA) is 467 Å². The van der Waals surface area contributed by atoms with Gasteiger partial charge in [0.15, 0.2) is 30.5 Å². The van der Waals surface area contributed by atoms with Gasteiger partial charge in [-0.2, -0.15) is 0 Å². The zero-order valence-electron chi connectivity index (χ0n) is 39.0. The van der Waals surface area contributed by atoms with E-state index in [1.165, 1.54) is 0 Å². The first-order valence-electron chi connectivity index (χ1n) is 22.0. The van der Waals surface area contributed by atoms with Crippen molar-refractivity contribution in [3.63, 3.8) is 0 Å². The van der Waals surface area contributed by atoms with Gasteiger partial charge < -0.3 is 91.9 Å². The Morgan fingerprint density at radius 2 is 0.848 bits per heavy atom. The number of carboxylic acid groups (broad SMARTS) is 6. The van der Waals surface area contributed by atoms with Crippen molar-refractivity contribution in [2.24, 2.45) is 0 Å². The average Bonchev–Trinajstić information content (AvgIpc) is 3.23. The van der Waals surface area contributed by atoms with Crippen LogP contribution in [0.2, 0.25) is 0 Å². The summed E-state index contributed by atoms with van der Waals surface area (Å²) in [5, 5.41) is 155. The number of carbonyl (C=O) groups is 6. The Bertz CT molecular complexity index is 1190. The quantitative estimate of drug-likeness (QED) is 0.0403. The summed E-state index contributed by atoms with van der Waals surface area (Å²) in [7, 11) is 0. The van der Waals surface area contributed by atoms with Gasteiger partial charge >= 0.3 is 35.8 Å². The summed E-state index contributed by atoms with van der Waals surface area (Å²) in [6.07, 6.45) is -3.08. The van der Waals surface area contributed by atoms with Gasteiger partial charge in [0, 0.05) is 13.0 Å². The Kier molecular flexibility index (Phi) is 55.1. The fraction of sp³-hybridized carbons (Fsp3) is 0.857. The van der Waals surface area contributed by atoms with E-state index < -0.39 is 103 Å². The second-order valence-electron chi connectivity index (χ2n) is 15.1. The number of carboxylic acids is 6. The number of unbranched alkanes of at least 4 members (excludes halogenated alkanes) is 3. The Morgan fingerprint density at radius 1 is 0.394 bits per heavy atom. The molecule has 11 atom stereocenters. The molecule has 24 nitrogen and oxygen atoms in total. The van der Waals surface area contributed by atoms with Gasteiger partial charge in [-0.1, -0.05) is 66.2 Å². The molecule has 0 heterocycles. The summed E-state index contributed by atoms with van der Waals surface area (Å²) < 4.78 is 0. The highest BCUT2D eigenvalue weighted by molar-refractivity contribution is 5.73. The van der Waals surface area contributed by atoms with E-state index in [1.807, 2.05) is 20.8 Å². The Morgan fingerprint density at radius 3 is 1.21 bits per heavy atom. The van der Waals surface area contributed by atoms with Crippen LogP contribution in [0.15, 0.2) is 0 Å². The molecule has 0 aliphatic rings. The third-order valence-corrected chi connectivity index (χ3v) is 8.62. The maximum Gasteiger partial charge on any atom is 0.335 e. The average molecular weight is 973 g/mol. The van der Waals surface area contributed by atoms with E-state index in [4.69, 9.17) is 91.9 Å². The van der Waals surface area contributed by atoms with E-state index in [1.54, 1.807) is 13.8 Å². The van der Waals surface area contributed by atoms with Gasteiger partial charge in [-0.05, 0) is 77.6 Å². The van der Waals surface area contributed by atoms with E-state index in [0.29, 0.717) is 57.8 Å². The zero-order valence-corrected chi connectivity index (χ0v) is 39.0. The van der Waals surface area contributed by atoms with Crippen LogP contribution < -0.4 is 0 Å². The first kappa shape index (κ1) is 73.9. The number of hydrogen-bond donors (Lipinski definition) is 18. The standard InChI is InChI=1S/6C7H14O4/c1-5(8)3-2-4-6(9)7(10)11;1-2-5(8)3-4-6(9)7(10)11;1-2-3-5(8)6(9)4-7(10)11;1-2-3-5(8)4-6(9)7(10)11;1-2-3-4-5(8)6(9)7(10)11;8-5-3-1-2-4-6(9)7(10)11/h5*5-6,8-9H,2-4H2,1H3,(H,10,11);6,8-9H,1-5H2,(H,10,11). The summed E-state index contributed by atoms with van der Waals surface area (Å²) in [6.45, 7) is 9.24. The van der Waals surface area contributed by atoms with Crippen LogP contribution in [0, 0.1) is 0 Å². The molecule has 0 saturated heterocycles. The molecule has 11 unspecified atom stereocenters. The lowest BCUT2D eigenvalue weighted by atomic mass is 10.1. The number of aliphatic hydroxyl groups is 12. The third-order valence-electron chi connectivity index (χ3n) is 8.62. The van der Waals surface area contributed by atoms with Crippen molar-refractivity contribution in [2.45, 2.75) is 224 Å². The molecule has 0 aromatic heterocycles. The molecule has 0 radical (unpaired) electrons. The molecule has 0 bridgehead atoms. The monoisotopic (exact) mass is 973 g/mol. The van der Waals surface area contributed by atoms with Crippen molar-refractivity contribution < 1.29 is 121 Å². The van der Waals surface area contributed by atoms with E-state index in [9.17, 15) is 28.8 Å². The maximum absolute atomic E-state index is 10.1. The van der Waals surface area contributed by atoms with Crippen LogP contribution in [0.25, 0.3) is 0 Å². The third kappa shape index (κ3) is 56.5. The molecule has 0 aliphatic carbocycles. The Hall–Kier alpha value is -3.66. The highest BCUT2D eigenvalue weighted by Crippen LogP contribution is 2.08. The fourth-order valence-corrected chi connectivity index (χ4v) is 4.51. The van der Waals surface area contributed by atoms with Crippen LogP contribution in [0.3, 0.4) is 0 Å². The van der Waals surface area contributed by atoms with Crippen molar-refractivity contribution in [1.29, 1.82) is 0 Å². The molecule has 0 fully saturated rings. The molecule has 0 spiro atoms. The lowest BCUT2D eigenvalue weighted by molar-refractivity contribution is -0.153. The van der Waals surface area contributed by atoms with Crippen molar-refractivity contribution in [1.82, 2.24) is 0 Å². The SMILES string of the molecule is CC(O)CCCC(O)C(=O)O.CCC(O)CCC(O)C(=O)O.CCCC(O)C(O)CC(=O)O.CCCC(O)CC(O)C(=O)O.CCCCC(O)C(O)C(=O)O.O=C(O)C(O)CCCCCO. The minimum Gasteiger partial charge on any atom is -0.481 e. The normalized spacial score (nSPS) is 15.4. The molecule has 0 saturated carbocycles. The van der Waals surface area contributed by atoms with Crippen LogP contribution in [0.5, 0.6) is 0 Å². The van der Waals surface area contributed by atoms with Crippen LogP contribution in [0.1, 0.15) is 157 Å². The number of aliphatic hydroxyl groups excluding tert-OH is 12. The van der Waals surface area contributed by atoms with Crippen molar-refractivity contribution in [3.05, 3.63) is 0 Å². The first-order chi connectivity index (χ1) is 30.5. The van der Waals surface area contributed by atoms with E-state index in [-0.39, 0.29) is 38.7 Å². The number of aliphatic carboxylic acids is 6. The van der Waals surface area contributed by atoms with Crippen molar-refractivity contribution >= 4 is 35.8 Å². The van der Waals surface area contributed by atoms with Gasteiger partial charge in [0.05, 0.1) is 43.0 Å². The van der Waals surface area contributed by atoms with E-state index >= 15 is 0 Å². The summed E-state index contributed by atoms with van der Waals surface area (Å²) in [5.41, 5.74) is 0. The first-order valence-corrected chi connectivity index (χ1v) is 22.0. The van der Waals surface area contributed by atoms with Crippen molar-refractivity contribution in [2.75, 3.05) is 6.61 Å². The van der Waals surface area contributed by atoms with Gasteiger partial charge in [-0.3, -0.25) is 4.79 Å². The molecule has 66 heavy (non-hydrogen) atoms. The fourth-order valence-electron chi connectivity index (χ4n) is 4.51. The Balaban J connectivity index is -0.000000164. The van der Waals surface area contributed by atoms with Crippen molar-refractivity contribution in [3.8, 4) is 0 Å².